The van der Waals surface area contributed by atoms with Crippen molar-refractivity contribution in [3.8, 4) is 0 Å². The van der Waals surface area contributed by atoms with Gasteiger partial charge in [0.2, 0.25) is 0 Å². The molecule has 0 saturated heterocycles. The number of hydrogen-bond donors (Lipinski definition) is 0. The van der Waals surface area contributed by atoms with Crippen LogP contribution in [0.3, 0.4) is 0 Å². The molecule has 1 aromatic heterocycles. The first-order chi connectivity index (χ1) is 10.0. The first-order valence-electron chi connectivity index (χ1n) is 8.05. The summed E-state index contributed by atoms with van der Waals surface area (Å²) in [4.78, 5) is 16.9. The lowest BCUT2D eigenvalue weighted by atomic mass is 9.49. The minimum Gasteiger partial charge on any atom is -0.452 e. The van der Waals surface area contributed by atoms with E-state index < -0.39 is 6.10 Å². The Labute approximate surface area is 124 Å². The molecule has 4 fully saturated rings. The van der Waals surface area contributed by atoms with Gasteiger partial charge < -0.3 is 9.26 Å². The number of esters is 1. The van der Waals surface area contributed by atoms with E-state index >= 15 is 0 Å². The van der Waals surface area contributed by atoms with Gasteiger partial charge in [-0.3, -0.25) is 4.79 Å². The summed E-state index contributed by atoms with van der Waals surface area (Å²) in [6, 6.07) is 0. The SMILES string of the molecule is Cc1noc([C@H](C)OC(=O)C23CC4CC(CC(C4)C2)C3)n1. The molecule has 4 bridgehead atoms. The van der Waals surface area contributed by atoms with Crippen LogP contribution in [0.4, 0.5) is 0 Å². The van der Waals surface area contributed by atoms with Gasteiger partial charge in [-0.1, -0.05) is 5.16 Å². The molecule has 4 aliphatic carbocycles. The molecular formula is C16H22N2O3. The molecular weight excluding hydrogens is 268 g/mol. The maximum atomic E-state index is 12.8. The second kappa shape index (κ2) is 4.55. The van der Waals surface area contributed by atoms with Gasteiger partial charge in [0.15, 0.2) is 11.9 Å². The van der Waals surface area contributed by atoms with E-state index in [-0.39, 0.29) is 11.4 Å². The van der Waals surface area contributed by atoms with Crippen molar-refractivity contribution in [2.24, 2.45) is 23.2 Å². The zero-order valence-electron chi connectivity index (χ0n) is 12.7. The van der Waals surface area contributed by atoms with E-state index in [1.165, 1.54) is 19.3 Å². The summed E-state index contributed by atoms with van der Waals surface area (Å²) in [5.41, 5.74) is -0.224. The summed E-state index contributed by atoms with van der Waals surface area (Å²) in [5, 5.41) is 3.76. The van der Waals surface area contributed by atoms with Crippen LogP contribution in [0.1, 0.15) is 63.3 Å². The minimum absolute atomic E-state index is 0.0371. The van der Waals surface area contributed by atoms with E-state index in [9.17, 15) is 4.79 Å². The number of rotatable bonds is 3. The Kier molecular flexibility index (Phi) is 2.88. The minimum atomic E-state index is -0.452. The van der Waals surface area contributed by atoms with Gasteiger partial charge in [-0.15, -0.1) is 0 Å². The lowest BCUT2D eigenvalue weighted by Gasteiger charge is -2.55. The van der Waals surface area contributed by atoms with E-state index in [0.29, 0.717) is 11.7 Å². The number of aryl methyl sites for hydroxylation is 1. The summed E-state index contributed by atoms with van der Waals surface area (Å²) in [6.45, 7) is 3.58. The molecule has 0 aliphatic heterocycles. The predicted molar refractivity (Wildman–Crippen MR) is 74.1 cm³/mol. The maximum absolute atomic E-state index is 12.8. The van der Waals surface area contributed by atoms with Crippen LogP contribution in [0.15, 0.2) is 4.52 Å². The Morgan fingerprint density at radius 1 is 1.24 bits per heavy atom. The van der Waals surface area contributed by atoms with Crippen LogP contribution in [0.2, 0.25) is 0 Å². The lowest BCUT2D eigenvalue weighted by molar-refractivity contribution is -0.177. The molecule has 0 spiro atoms. The van der Waals surface area contributed by atoms with Crippen molar-refractivity contribution in [1.29, 1.82) is 0 Å². The quantitative estimate of drug-likeness (QED) is 0.800. The maximum Gasteiger partial charge on any atom is 0.312 e. The van der Waals surface area contributed by atoms with Gasteiger partial charge in [-0.25, -0.2) is 0 Å². The molecule has 1 heterocycles. The standard InChI is InChI=1S/C16H22N2O3/c1-9(14-17-10(2)18-21-14)20-15(19)16-6-11-3-12(7-16)5-13(4-11)8-16/h9,11-13H,3-8H2,1-2H3/t9-,11?,12?,13?,16?/m0/s1. The first kappa shape index (κ1) is 13.3. The van der Waals surface area contributed by atoms with Crippen molar-refractivity contribution in [1.82, 2.24) is 10.1 Å². The summed E-state index contributed by atoms with van der Waals surface area (Å²) in [6.07, 6.45) is 6.58. The van der Waals surface area contributed by atoms with Crippen LogP contribution in [0.5, 0.6) is 0 Å². The largest absolute Gasteiger partial charge is 0.452 e. The molecule has 0 N–H and O–H groups in total. The summed E-state index contributed by atoms with van der Waals surface area (Å²) in [7, 11) is 0. The van der Waals surface area contributed by atoms with Gasteiger partial charge >= 0.3 is 5.97 Å². The Hall–Kier alpha value is -1.39. The molecule has 4 aliphatic rings. The smallest absolute Gasteiger partial charge is 0.312 e. The molecule has 0 aromatic carbocycles. The highest BCUT2D eigenvalue weighted by atomic mass is 16.6. The summed E-state index contributed by atoms with van der Waals surface area (Å²) in [5.74, 6) is 3.15. The van der Waals surface area contributed by atoms with Crippen LogP contribution < -0.4 is 0 Å². The molecule has 5 rings (SSSR count). The fourth-order valence-electron chi connectivity index (χ4n) is 5.17. The number of nitrogens with zero attached hydrogens (tertiary/aromatic N) is 2. The zero-order valence-corrected chi connectivity index (χ0v) is 12.7. The third-order valence-electron chi connectivity index (χ3n) is 5.65. The van der Waals surface area contributed by atoms with E-state index in [2.05, 4.69) is 10.1 Å². The normalized spacial score (nSPS) is 38.5. The van der Waals surface area contributed by atoms with Crippen molar-refractivity contribution in [2.45, 2.75) is 58.5 Å². The van der Waals surface area contributed by atoms with Crippen molar-refractivity contribution < 1.29 is 14.1 Å². The number of carbonyl (C=O) groups is 1. The average Bonchev–Trinajstić information content (AvgIpc) is 2.84. The molecule has 114 valence electrons. The number of ether oxygens (including phenoxy) is 1. The zero-order chi connectivity index (χ0) is 14.6. The Balaban J connectivity index is 1.50. The molecule has 0 unspecified atom stereocenters. The van der Waals surface area contributed by atoms with E-state index in [1.54, 1.807) is 6.92 Å². The van der Waals surface area contributed by atoms with Crippen LogP contribution in [-0.2, 0) is 9.53 Å². The van der Waals surface area contributed by atoms with Gasteiger partial charge in [-0.05, 0) is 70.1 Å². The highest BCUT2D eigenvalue weighted by molar-refractivity contribution is 5.77. The lowest BCUT2D eigenvalue weighted by Crippen LogP contribution is -2.50. The second-order valence-corrected chi connectivity index (χ2v) is 7.43. The molecule has 0 amide bonds. The fraction of sp³-hybridized carbons (Fsp3) is 0.812. The molecule has 0 radical (unpaired) electrons. The average molecular weight is 290 g/mol. The number of hydrogen-bond acceptors (Lipinski definition) is 5. The second-order valence-electron chi connectivity index (χ2n) is 7.43. The molecule has 4 saturated carbocycles. The monoisotopic (exact) mass is 290 g/mol. The number of carbonyl (C=O) groups excluding carboxylic acids is 1. The van der Waals surface area contributed by atoms with Crippen LogP contribution in [0, 0.1) is 30.1 Å². The highest BCUT2D eigenvalue weighted by Gasteiger charge is 2.55. The van der Waals surface area contributed by atoms with Crippen LogP contribution in [0.25, 0.3) is 0 Å². The summed E-state index contributed by atoms with van der Waals surface area (Å²) >= 11 is 0. The third-order valence-corrected chi connectivity index (χ3v) is 5.65. The molecule has 1 atom stereocenters. The Morgan fingerprint density at radius 3 is 2.29 bits per heavy atom. The van der Waals surface area contributed by atoms with E-state index in [4.69, 9.17) is 9.26 Å². The Bertz CT molecular complexity index is 530. The summed E-state index contributed by atoms with van der Waals surface area (Å²) < 4.78 is 10.8. The highest BCUT2D eigenvalue weighted by Crippen LogP contribution is 2.60. The van der Waals surface area contributed by atoms with Crippen molar-refractivity contribution >= 4 is 5.97 Å². The molecule has 1 aromatic rings. The van der Waals surface area contributed by atoms with Crippen LogP contribution >= 0.6 is 0 Å². The van der Waals surface area contributed by atoms with Crippen molar-refractivity contribution in [3.63, 3.8) is 0 Å². The topological polar surface area (TPSA) is 65.2 Å². The fourth-order valence-corrected chi connectivity index (χ4v) is 5.17. The van der Waals surface area contributed by atoms with Gasteiger partial charge in [0.25, 0.3) is 5.89 Å². The van der Waals surface area contributed by atoms with Gasteiger partial charge in [-0.2, -0.15) is 4.98 Å². The first-order valence-corrected chi connectivity index (χ1v) is 8.05. The van der Waals surface area contributed by atoms with Gasteiger partial charge in [0.05, 0.1) is 5.41 Å². The van der Waals surface area contributed by atoms with Crippen molar-refractivity contribution in [3.05, 3.63) is 11.7 Å². The molecule has 5 heteroatoms. The van der Waals surface area contributed by atoms with E-state index in [1.807, 2.05) is 6.92 Å². The van der Waals surface area contributed by atoms with Crippen molar-refractivity contribution in [2.75, 3.05) is 0 Å². The van der Waals surface area contributed by atoms with E-state index in [0.717, 1.165) is 37.0 Å². The Morgan fingerprint density at radius 2 is 1.81 bits per heavy atom. The van der Waals surface area contributed by atoms with Gasteiger partial charge in [0, 0.05) is 0 Å². The molecule has 21 heavy (non-hydrogen) atoms. The number of aromatic nitrogens is 2. The predicted octanol–water partition coefficient (Wildman–Crippen LogP) is 3.20. The third kappa shape index (κ3) is 2.17. The van der Waals surface area contributed by atoms with Crippen LogP contribution in [-0.4, -0.2) is 16.1 Å². The van der Waals surface area contributed by atoms with Gasteiger partial charge in [0.1, 0.15) is 0 Å². The molecule has 5 nitrogen and oxygen atoms in total.